The van der Waals surface area contributed by atoms with Crippen molar-refractivity contribution in [3.8, 4) is 22.4 Å². The van der Waals surface area contributed by atoms with Gasteiger partial charge in [-0.05, 0) is 59.2 Å². The second-order valence-electron chi connectivity index (χ2n) is 6.77. The Bertz CT molecular complexity index is 1300. The highest BCUT2D eigenvalue weighted by molar-refractivity contribution is 7.89. The van der Waals surface area contributed by atoms with E-state index in [2.05, 4.69) is 14.7 Å². The summed E-state index contributed by atoms with van der Waals surface area (Å²) in [5.74, 6) is 0. The Morgan fingerprint density at radius 1 is 0.806 bits per heavy atom. The van der Waals surface area contributed by atoms with E-state index in [0.29, 0.717) is 10.0 Å². The molecular weight excluding hydrogens is 453 g/mol. The molecule has 0 spiro atoms. The van der Waals surface area contributed by atoms with Crippen LogP contribution in [-0.2, 0) is 16.6 Å². The van der Waals surface area contributed by atoms with Crippen LogP contribution >= 0.6 is 23.2 Å². The van der Waals surface area contributed by atoms with Crippen LogP contribution in [-0.4, -0.2) is 18.4 Å². The van der Waals surface area contributed by atoms with Gasteiger partial charge >= 0.3 is 0 Å². The van der Waals surface area contributed by atoms with Gasteiger partial charge in [-0.1, -0.05) is 47.5 Å². The van der Waals surface area contributed by atoms with Crippen molar-refractivity contribution in [2.24, 2.45) is 0 Å². The summed E-state index contributed by atoms with van der Waals surface area (Å²) in [7, 11) is -3.67. The Morgan fingerprint density at radius 3 is 2.23 bits per heavy atom. The Balaban J connectivity index is 1.44. The molecule has 0 unspecified atom stereocenters. The van der Waals surface area contributed by atoms with Crippen LogP contribution in [0.3, 0.4) is 0 Å². The molecule has 0 radical (unpaired) electrons. The van der Waals surface area contributed by atoms with Gasteiger partial charge in [0.2, 0.25) is 10.0 Å². The lowest BCUT2D eigenvalue weighted by Gasteiger charge is -2.09. The van der Waals surface area contributed by atoms with Gasteiger partial charge in [-0.15, -0.1) is 0 Å². The van der Waals surface area contributed by atoms with Gasteiger partial charge in [-0.2, -0.15) is 0 Å². The number of halogens is 2. The molecule has 31 heavy (non-hydrogen) atoms. The molecule has 0 saturated heterocycles. The largest absolute Gasteiger partial charge is 0.264 e. The number of sulfonamides is 1. The Morgan fingerprint density at radius 2 is 1.58 bits per heavy atom. The van der Waals surface area contributed by atoms with Crippen LogP contribution in [0.25, 0.3) is 22.4 Å². The molecule has 0 bridgehead atoms. The Kier molecular flexibility index (Phi) is 6.34. The summed E-state index contributed by atoms with van der Waals surface area (Å²) in [6, 6.07) is 19.3. The highest BCUT2D eigenvalue weighted by Gasteiger charge is 2.14. The number of hydrogen-bond acceptors (Lipinski definition) is 4. The minimum absolute atomic E-state index is 0.136. The molecule has 4 aromatic rings. The summed E-state index contributed by atoms with van der Waals surface area (Å²) < 4.78 is 27.9. The maximum atomic E-state index is 12.7. The molecule has 0 saturated carbocycles. The van der Waals surface area contributed by atoms with E-state index in [1.807, 2.05) is 30.3 Å². The number of nitrogens with zero attached hydrogens (tertiary/aromatic N) is 2. The van der Waals surface area contributed by atoms with Crippen molar-refractivity contribution in [2.75, 3.05) is 0 Å². The quantitative estimate of drug-likeness (QED) is 0.399. The fourth-order valence-corrected chi connectivity index (χ4v) is 4.29. The van der Waals surface area contributed by atoms with E-state index in [4.69, 9.17) is 23.2 Å². The molecule has 0 aliphatic heterocycles. The van der Waals surface area contributed by atoms with E-state index < -0.39 is 10.0 Å². The molecule has 0 aliphatic carbocycles. The summed E-state index contributed by atoms with van der Waals surface area (Å²) in [6.45, 7) is 0.136. The molecule has 0 atom stereocenters. The highest BCUT2D eigenvalue weighted by Crippen LogP contribution is 2.29. The molecule has 0 aliphatic rings. The van der Waals surface area contributed by atoms with Crippen molar-refractivity contribution in [1.82, 2.24) is 14.7 Å². The summed E-state index contributed by atoms with van der Waals surface area (Å²) in [4.78, 5) is 8.64. The first kappa shape index (κ1) is 21.5. The summed E-state index contributed by atoms with van der Waals surface area (Å²) in [5.41, 5.74) is 4.12. The summed E-state index contributed by atoms with van der Waals surface area (Å²) >= 11 is 12.0. The standard InChI is InChI=1S/C23H17Cl2N3O2S/c24-21-9-6-18(12-22(21)25)17-4-7-20(8-5-17)31(29,30)28-14-16-3-10-23(27-13-16)19-2-1-11-26-15-19/h1-13,15,28H,14H2. The van der Waals surface area contributed by atoms with Gasteiger partial charge in [-0.3, -0.25) is 9.97 Å². The third-order valence-electron chi connectivity index (χ3n) is 4.67. The molecule has 0 fully saturated rings. The number of aromatic nitrogens is 2. The van der Waals surface area contributed by atoms with Gasteiger partial charge in [0.05, 0.1) is 20.6 Å². The topological polar surface area (TPSA) is 72.0 Å². The van der Waals surface area contributed by atoms with Crippen molar-refractivity contribution in [3.63, 3.8) is 0 Å². The van der Waals surface area contributed by atoms with Crippen LogP contribution < -0.4 is 4.72 Å². The molecule has 1 N–H and O–H groups in total. The predicted octanol–water partition coefficient (Wildman–Crippen LogP) is 5.60. The van der Waals surface area contributed by atoms with Gasteiger partial charge in [-0.25, -0.2) is 13.1 Å². The smallest absolute Gasteiger partial charge is 0.240 e. The van der Waals surface area contributed by atoms with E-state index in [1.54, 1.807) is 55.0 Å². The van der Waals surface area contributed by atoms with Crippen LogP contribution in [0.15, 0.2) is 90.2 Å². The van der Waals surface area contributed by atoms with Gasteiger partial charge < -0.3 is 0 Å². The van der Waals surface area contributed by atoms with E-state index in [9.17, 15) is 8.42 Å². The Labute approximate surface area is 190 Å². The normalized spacial score (nSPS) is 11.4. The van der Waals surface area contributed by atoms with Crippen LogP contribution in [0, 0.1) is 0 Å². The van der Waals surface area contributed by atoms with Crippen LogP contribution in [0.5, 0.6) is 0 Å². The number of pyridine rings is 2. The molecule has 156 valence electrons. The van der Waals surface area contributed by atoms with Gasteiger partial charge in [0.25, 0.3) is 0 Å². The number of benzene rings is 2. The average molecular weight is 470 g/mol. The third kappa shape index (κ3) is 5.11. The summed E-state index contributed by atoms with van der Waals surface area (Å²) in [6.07, 6.45) is 5.08. The predicted molar refractivity (Wildman–Crippen MR) is 123 cm³/mol. The fraction of sp³-hybridized carbons (Fsp3) is 0.0435. The van der Waals surface area contributed by atoms with Crippen LogP contribution in [0.2, 0.25) is 10.0 Å². The molecule has 0 amide bonds. The van der Waals surface area contributed by atoms with Crippen molar-refractivity contribution in [2.45, 2.75) is 11.4 Å². The molecule has 2 aromatic heterocycles. The van der Waals surface area contributed by atoms with Crippen molar-refractivity contribution in [1.29, 1.82) is 0 Å². The van der Waals surface area contributed by atoms with Crippen LogP contribution in [0.4, 0.5) is 0 Å². The lowest BCUT2D eigenvalue weighted by molar-refractivity contribution is 0.581. The fourth-order valence-electron chi connectivity index (χ4n) is 2.98. The van der Waals surface area contributed by atoms with Crippen LogP contribution in [0.1, 0.15) is 5.56 Å². The zero-order valence-corrected chi connectivity index (χ0v) is 18.5. The molecule has 2 aromatic carbocycles. The van der Waals surface area contributed by atoms with Crippen molar-refractivity contribution in [3.05, 3.63) is 101 Å². The molecule has 5 nitrogen and oxygen atoms in total. The van der Waals surface area contributed by atoms with Crippen molar-refractivity contribution >= 4 is 33.2 Å². The van der Waals surface area contributed by atoms with Crippen molar-refractivity contribution < 1.29 is 8.42 Å². The second-order valence-corrected chi connectivity index (χ2v) is 9.35. The second kappa shape index (κ2) is 9.16. The van der Waals surface area contributed by atoms with Gasteiger partial charge in [0, 0.05) is 30.7 Å². The lowest BCUT2D eigenvalue weighted by atomic mass is 10.1. The molecule has 8 heteroatoms. The minimum atomic E-state index is -3.67. The first-order valence-electron chi connectivity index (χ1n) is 9.33. The number of rotatable bonds is 6. The zero-order valence-electron chi connectivity index (χ0n) is 16.2. The average Bonchev–Trinajstić information content (AvgIpc) is 2.81. The molecular formula is C23H17Cl2N3O2S. The van der Waals surface area contributed by atoms with E-state index in [0.717, 1.165) is 27.9 Å². The first-order valence-corrected chi connectivity index (χ1v) is 11.6. The number of hydrogen-bond donors (Lipinski definition) is 1. The zero-order chi connectivity index (χ0) is 21.8. The first-order chi connectivity index (χ1) is 14.9. The molecule has 4 rings (SSSR count). The number of nitrogens with one attached hydrogen (secondary N) is 1. The monoisotopic (exact) mass is 469 g/mol. The van der Waals surface area contributed by atoms with E-state index >= 15 is 0 Å². The highest BCUT2D eigenvalue weighted by atomic mass is 35.5. The van der Waals surface area contributed by atoms with E-state index in [1.165, 1.54) is 0 Å². The maximum Gasteiger partial charge on any atom is 0.240 e. The minimum Gasteiger partial charge on any atom is -0.264 e. The molecule has 2 heterocycles. The van der Waals surface area contributed by atoms with E-state index in [-0.39, 0.29) is 11.4 Å². The SMILES string of the molecule is O=S(=O)(NCc1ccc(-c2cccnc2)nc1)c1ccc(-c2ccc(Cl)c(Cl)c2)cc1. The van der Waals surface area contributed by atoms with Gasteiger partial charge in [0.15, 0.2) is 0 Å². The third-order valence-corrected chi connectivity index (χ3v) is 6.82. The Hall–Kier alpha value is -2.77. The lowest BCUT2D eigenvalue weighted by Crippen LogP contribution is -2.23. The summed E-state index contributed by atoms with van der Waals surface area (Å²) in [5, 5.41) is 0.914. The van der Waals surface area contributed by atoms with Gasteiger partial charge in [0.1, 0.15) is 0 Å². The maximum absolute atomic E-state index is 12.7.